The first-order valence-corrected chi connectivity index (χ1v) is 5.08. The average Bonchev–Trinajstić information content (AvgIpc) is 2.68. The zero-order valence-electron chi connectivity index (χ0n) is 8.86. The molecule has 2 aliphatic carbocycles. The lowest BCUT2D eigenvalue weighted by Gasteiger charge is -2.05. The van der Waals surface area contributed by atoms with E-state index in [4.69, 9.17) is 4.74 Å². The van der Waals surface area contributed by atoms with Crippen molar-refractivity contribution in [2.24, 2.45) is 17.8 Å². The fraction of sp³-hybridized carbons (Fsp3) is 0.636. The number of methoxy groups -OCH3 is 1. The maximum absolute atomic E-state index is 11.1. The molecule has 0 saturated heterocycles. The van der Waals surface area contributed by atoms with Crippen LogP contribution in [0.25, 0.3) is 0 Å². The maximum atomic E-state index is 11.1. The fourth-order valence-electron chi connectivity index (χ4n) is 2.41. The normalized spacial score (nSPS) is 31.6. The highest BCUT2D eigenvalue weighted by atomic mass is 16.5. The number of carbonyl (C=O) groups excluding carboxylic acids is 2. The van der Waals surface area contributed by atoms with E-state index in [0.29, 0.717) is 18.3 Å². The van der Waals surface area contributed by atoms with E-state index in [1.807, 2.05) is 6.08 Å². The SMILES string of the molecule is COC(=O)C[C@H]1[C@@H]2CC=C(OC(C)=O)[C@@H]21. The Kier molecular flexibility index (Phi) is 2.50. The highest BCUT2D eigenvalue weighted by Gasteiger charge is 2.56. The van der Waals surface area contributed by atoms with E-state index in [0.717, 1.165) is 12.2 Å². The second kappa shape index (κ2) is 3.68. The van der Waals surface area contributed by atoms with Crippen molar-refractivity contribution in [3.63, 3.8) is 0 Å². The number of hydrogen-bond donors (Lipinski definition) is 0. The number of rotatable bonds is 3. The number of allylic oxidation sites excluding steroid dienone is 2. The zero-order valence-corrected chi connectivity index (χ0v) is 8.86. The second-order valence-corrected chi connectivity index (χ2v) is 4.07. The van der Waals surface area contributed by atoms with Gasteiger partial charge in [-0.05, 0) is 24.3 Å². The molecule has 0 aromatic heterocycles. The Morgan fingerprint density at radius 1 is 1.53 bits per heavy atom. The molecule has 0 aliphatic heterocycles. The van der Waals surface area contributed by atoms with Crippen LogP contribution in [0.2, 0.25) is 0 Å². The smallest absolute Gasteiger partial charge is 0.307 e. The molecule has 0 heterocycles. The Bertz CT molecular complexity index is 331. The third-order valence-electron chi connectivity index (χ3n) is 3.14. The number of carbonyl (C=O) groups is 2. The maximum Gasteiger partial charge on any atom is 0.307 e. The molecule has 1 saturated carbocycles. The summed E-state index contributed by atoms with van der Waals surface area (Å²) < 4.78 is 9.70. The number of hydrogen-bond acceptors (Lipinski definition) is 4. The lowest BCUT2D eigenvalue weighted by Crippen LogP contribution is -2.05. The number of esters is 2. The van der Waals surface area contributed by atoms with Gasteiger partial charge in [0, 0.05) is 19.3 Å². The molecule has 15 heavy (non-hydrogen) atoms. The molecule has 0 bridgehead atoms. The predicted molar refractivity (Wildman–Crippen MR) is 51.6 cm³/mol. The summed E-state index contributed by atoms with van der Waals surface area (Å²) in [5, 5.41) is 0. The van der Waals surface area contributed by atoms with E-state index in [9.17, 15) is 9.59 Å². The lowest BCUT2D eigenvalue weighted by atomic mass is 10.1. The summed E-state index contributed by atoms with van der Waals surface area (Å²) in [6.07, 6.45) is 3.30. The molecule has 0 amide bonds. The monoisotopic (exact) mass is 210 g/mol. The minimum absolute atomic E-state index is 0.184. The molecular weight excluding hydrogens is 196 g/mol. The van der Waals surface area contributed by atoms with E-state index < -0.39 is 0 Å². The van der Waals surface area contributed by atoms with Crippen molar-refractivity contribution in [1.82, 2.24) is 0 Å². The van der Waals surface area contributed by atoms with Crippen molar-refractivity contribution >= 4 is 11.9 Å². The van der Waals surface area contributed by atoms with Crippen LogP contribution in [-0.4, -0.2) is 19.0 Å². The van der Waals surface area contributed by atoms with Gasteiger partial charge in [-0.2, -0.15) is 0 Å². The summed E-state index contributed by atoms with van der Waals surface area (Å²) in [6, 6.07) is 0. The van der Waals surface area contributed by atoms with Crippen molar-refractivity contribution in [2.45, 2.75) is 19.8 Å². The van der Waals surface area contributed by atoms with Crippen LogP contribution in [0.1, 0.15) is 19.8 Å². The lowest BCUT2D eigenvalue weighted by molar-refractivity contribution is -0.141. The van der Waals surface area contributed by atoms with Crippen molar-refractivity contribution < 1.29 is 19.1 Å². The van der Waals surface area contributed by atoms with Gasteiger partial charge in [-0.15, -0.1) is 0 Å². The standard InChI is InChI=1S/C11H14O4/c1-6(12)15-9-4-3-7-8(11(7)9)5-10(13)14-2/h4,7-8,11H,3,5H2,1-2H3/t7-,8-,11-/m0/s1. The van der Waals surface area contributed by atoms with Gasteiger partial charge >= 0.3 is 11.9 Å². The summed E-state index contributed by atoms with van der Waals surface area (Å²) in [4.78, 5) is 21.9. The Morgan fingerprint density at radius 3 is 2.87 bits per heavy atom. The number of ether oxygens (including phenoxy) is 2. The number of fused-ring (bicyclic) bond motifs is 1. The molecule has 0 unspecified atom stereocenters. The van der Waals surface area contributed by atoms with Crippen LogP contribution in [0.15, 0.2) is 11.8 Å². The van der Waals surface area contributed by atoms with E-state index in [1.165, 1.54) is 14.0 Å². The van der Waals surface area contributed by atoms with Crippen molar-refractivity contribution in [3.05, 3.63) is 11.8 Å². The average molecular weight is 210 g/mol. The van der Waals surface area contributed by atoms with E-state index in [2.05, 4.69) is 4.74 Å². The summed E-state index contributed by atoms with van der Waals surface area (Å²) in [5.74, 6) is 1.35. The van der Waals surface area contributed by atoms with Crippen LogP contribution in [-0.2, 0) is 19.1 Å². The highest BCUT2D eigenvalue weighted by Crippen LogP contribution is 2.59. The van der Waals surface area contributed by atoms with Gasteiger partial charge in [-0.3, -0.25) is 9.59 Å². The van der Waals surface area contributed by atoms with Gasteiger partial charge in [0.2, 0.25) is 0 Å². The van der Waals surface area contributed by atoms with Gasteiger partial charge < -0.3 is 9.47 Å². The molecule has 82 valence electrons. The topological polar surface area (TPSA) is 52.6 Å². The fourth-order valence-corrected chi connectivity index (χ4v) is 2.41. The van der Waals surface area contributed by atoms with Crippen LogP contribution in [0, 0.1) is 17.8 Å². The third-order valence-corrected chi connectivity index (χ3v) is 3.14. The van der Waals surface area contributed by atoms with Gasteiger partial charge in [0.25, 0.3) is 0 Å². The first-order valence-electron chi connectivity index (χ1n) is 5.08. The second-order valence-electron chi connectivity index (χ2n) is 4.07. The first-order chi connectivity index (χ1) is 7.13. The van der Waals surface area contributed by atoms with Crippen molar-refractivity contribution in [2.75, 3.05) is 7.11 Å². The van der Waals surface area contributed by atoms with Gasteiger partial charge in [-0.25, -0.2) is 0 Å². The van der Waals surface area contributed by atoms with Crippen LogP contribution in [0.4, 0.5) is 0 Å². The van der Waals surface area contributed by atoms with Gasteiger partial charge in [-0.1, -0.05) is 0 Å². The molecule has 2 rings (SSSR count). The molecule has 0 N–H and O–H groups in total. The van der Waals surface area contributed by atoms with E-state index in [1.54, 1.807) is 0 Å². The summed E-state index contributed by atoms with van der Waals surface area (Å²) in [7, 11) is 1.39. The highest BCUT2D eigenvalue weighted by molar-refractivity contribution is 5.71. The van der Waals surface area contributed by atoms with Crippen molar-refractivity contribution in [1.29, 1.82) is 0 Å². The molecule has 4 heteroatoms. The molecule has 0 aromatic carbocycles. The van der Waals surface area contributed by atoms with Crippen LogP contribution in [0.5, 0.6) is 0 Å². The third kappa shape index (κ3) is 1.89. The summed E-state index contributed by atoms with van der Waals surface area (Å²) in [6.45, 7) is 1.39. The molecule has 3 atom stereocenters. The molecule has 0 aromatic rings. The molecule has 0 radical (unpaired) electrons. The van der Waals surface area contributed by atoms with Gasteiger partial charge in [0.05, 0.1) is 7.11 Å². The Morgan fingerprint density at radius 2 is 2.27 bits per heavy atom. The Labute approximate surface area is 88.2 Å². The molecule has 0 spiro atoms. The summed E-state index contributed by atoms with van der Waals surface area (Å²) >= 11 is 0. The minimum atomic E-state index is -0.286. The zero-order chi connectivity index (χ0) is 11.0. The van der Waals surface area contributed by atoms with Gasteiger partial charge in [0.15, 0.2) is 0 Å². The predicted octanol–water partition coefficient (Wildman–Crippen LogP) is 1.26. The van der Waals surface area contributed by atoms with Crippen LogP contribution in [0.3, 0.4) is 0 Å². The first kappa shape index (κ1) is 10.2. The van der Waals surface area contributed by atoms with Gasteiger partial charge in [0.1, 0.15) is 5.76 Å². The van der Waals surface area contributed by atoms with Crippen molar-refractivity contribution in [3.8, 4) is 0 Å². The largest absolute Gasteiger partial charge is 0.469 e. The van der Waals surface area contributed by atoms with E-state index >= 15 is 0 Å². The molecule has 2 aliphatic rings. The van der Waals surface area contributed by atoms with E-state index in [-0.39, 0.29) is 17.9 Å². The Hall–Kier alpha value is -1.32. The Balaban J connectivity index is 1.89. The minimum Gasteiger partial charge on any atom is -0.469 e. The van der Waals surface area contributed by atoms with Crippen LogP contribution >= 0.6 is 0 Å². The molecule has 4 nitrogen and oxygen atoms in total. The molecule has 1 fully saturated rings. The quantitative estimate of drug-likeness (QED) is 0.658. The van der Waals surface area contributed by atoms with Crippen LogP contribution < -0.4 is 0 Å². The summed E-state index contributed by atoms with van der Waals surface area (Å²) in [5.41, 5.74) is 0. The molecular formula is C11H14O4.